The van der Waals surface area contributed by atoms with Gasteiger partial charge in [0.1, 0.15) is 6.61 Å². The second-order valence-electron chi connectivity index (χ2n) is 10.9. The van der Waals surface area contributed by atoms with E-state index >= 15 is 0 Å². The number of hydrogen-bond acceptors (Lipinski definition) is 4. The van der Waals surface area contributed by atoms with Gasteiger partial charge in [0.15, 0.2) is 0 Å². The number of hydrogen-bond donors (Lipinski definition) is 1. The maximum atomic E-state index is 13.7. The van der Waals surface area contributed by atoms with E-state index < -0.39 is 47.3 Å². The number of carbonyl (C=O) groups is 1. The number of carbonyl (C=O) groups excluding carboxylic acids is 1. The van der Waals surface area contributed by atoms with Crippen LogP contribution in [-0.2, 0) is 34.0 Å². The molecule has 4 atom stereocenters. The van der Waals surface area contributed by atoms with Crippen molar-refractivity contribution in [2.75, 3.05) is 13.2 Å². The zero-order valence-corrected chi connectivity index (χ0v) is 23.7. The van der Waals surface area contributed by atoms with E-state index in [0.717, 1.165) is 5.56 Å². The molecule has 1 saturated heterocycles. The van der Waals surface area contributed by atoms with Crippen molar-refractivity contribution in [2.24, 2.45) is 5.92 Å². The Kier molecular flexibility index (Phi) is 9.76. The van der Waals surface area contributed by atoms with Crippen LogP contribution in [0.3, 0.4) is 0 Å². The number of halogens is 6. The lowest BCUT2D eigenvalue weighted by atomic mass is 9.76. The van der Waals surface area contributed by atoms with E-state index in [1.165, 1.54) is 11.8 Å². The number of piperidine rings is 1. The van der Waals surface area contributed by atoms with Crippen molar-refractivity contribution in [3.63, 3.8) is 0 Å². The molecule has 0 spiro atoms. The van der Waals surface area contributed by atoms with Crippen LogP contribution >= 0.6 is 0 Å². The van der Waals surface area contributed by atoms with Crippen molar-refractivity contribution in [3.05, 3.63) is 107 Å². The fraction of sp³-hybridized carbons (Fsp3) is 0.406. The molecular formula is C32H33F6NO4. The fourth-order valence-corrected chi connectivity index (χ4v) is 5.35. The van der Waals surface area contributed by atoms with Crippen molar-refractivity contribution in [1.82, 2.24) is 4.90 Å². The number of nitrogens with zero attached hydrogens (tertiary/aromatic N) is 1. The molecule has 43 heavy (non-hydrogen) atoms. The lowest BCUT2D eigenvalue weighted by Crippen LogP contribution is -2.58. The van der Waals surface area contributed by atoms with E-state index in [4.69, 9.17) is 9.47 Å². The first-order valence-electron chi connectivity index (χ1n) is 13.8. The molecule has 1 heterocycles. The van der Waals surface area contributed by atoms with E-state index in [1.54, 1.807) is 61.5 Å². The molecule has 4 rings (SSSR count). The first kappa shape index (κ1) is 32.3. The summed E-state index contributed by atoms with van der Waals surface area (Å²) < 4.78 is 92.8. The lowest BCUT2D eigenvalue weighted by Gasteiger charge is -2.49. The molecule has 0 aliphatic carbocycles. The average Bonchev–Trinajstić information content (AvgIpc) is 2.98. The van der Waals surface area contributed by atoms with Crippen LogP contribution in [0.15, 0.2) is 78.9 Å². The van der Waals surface area contributed by atoms with E-state index in [-0.39, 0.29) is 37.3 Å². The second kappa shape index (κ2) is 13.0. The molecule has 0 saturated carbocycles. The Morgan fingerprint density at radius 1 is 0.930 bits per heavy atom. The zero-order chi connectivity index (χ0) is 31.4. The van der Waals surface area contributed by atoms with E-state index in [0.29, 0.717) is 30.5 Å². The van der Waals surface area contributed by atoms with Gasteiger partial charge in [0.05, 0.1) is 35.5 Å². The Labute approximate surface area is 246 Å². The minimum atomic E-state index is -5.00. The largest absolute Gasteiger partial charge is 0.445 e. The topological polar surface area (TPSA) is 59.0 Å². The molecule has 1 amide bonds. The highest BCUT2D eigenvalue weighted by Gasteiger charge is 2.48. The van der Waals surface area contributed by atoms with Crippen LogP contribution in [0.2, 0.25) is 0 Å². The Balaban J connectivity index is 1.68. The molecule has 1 fully saturated rings. The molecule has 0 radical (unpaired) electrons. The molecule has 5 nitrogen and oxygen atoms in total. The molecule has 3 aromatic rings. The SMILES string of the molecule is CC(O)C1CCC(CO[C@H](C)c2cc(C(F)(F)F)cc(C(F)(F)F)c2)(c2ccccc2)N(C(=O)OCc2ccccc2)C1. The minimum Gasteiger partial charge on any atom is -0.445 e. The van der Waals surface area contributed by atoms with Crippen LogP contribution < -0.4 is 0 Å². The van der Waals surface area contributed by atoms with Crippen LogP contribution in [0, 0.1) is 5.92 Å². The van der Waals surface area contributed by atoms with E-state index in [2.05, 4.69) is 0 Å². The number of rotatable bonds is 8. The summed E-state index contributed by atoms with van der Waals surface area (Å²) in [5.41, 5.74) is -2.95. The maximum absolute atomic E-state index is 13.7. The van der Waals surface area contributed by atoms with Crippen molar-refractivity contribution >= 4 is 6.09 Å². The summed E-state index contributed by atoms with van der Waals surface area (Å²) in [5, 5.41) is 10.4. The van der Waals surface area contributed by atoms with Gasteiger partial charge < -0.3 is 14.6 Å². The van der Waals surface area contributed by atoms with Gasteiger partial charge in [0.25, 0.3) is 0 Å². The van der Waals surface area contributed by atoms with Gasteiger partial charge >= 0.3 is 18.4 Å². The first-order valence-corrected chi connectivity index (χ1v) is 13.8. The van der Waals surface area contributed by atoms with Gasteiger partial charge in [-0.25, -0.2) is 4.79 Å². The standard InChI is InChI=1S/C32H33F6NO4/c1-21(40)24-13-14-30(26-11-7-4-8-12-26,39(18-24)29(41)42-19-23-9-5-3-6-10-23)20-43-22(2)25-15-27(31(33,34)35)17-28(16-25)32(36,37)38/h3-12,15-17,21-22,24,40H,13-14,18-20H2,1-2H3/t21?,22-,24?,30?/m1/s1. The Bertz CT molecular complexity index is 1330. The molecule has 0 bridgehead atoms. The smallest absolute Gasteiger partial charge is 0.416 e. The van der Waals surface area contributed by atoms with Crippen LogP contribution in [0.5, 0.6) is 0 Å². The van der Waals surface area contributed by atoms with Crippen LogP contribution in [-0.4, -0.2) is 35.4 Å². The number of ether oxygens (including phenoxy) is 2. The Morgan fingerprint density at radius 3 is 2.02 bits per heavy atom. The summed E-state index contributed by atoms with van der Waals surface area (Å²) in [6.45, 7) is 2.82. The third-order valence-electron chi connectivity index (χ3n) is 7.93. The summed E-state index contributed by atoms with van der Waals surface area (Å²) in [6, 6.07) is 19.2. The summed E-state index contributed by atoms with van der Waals surface area (Å²) in [7, 11) is 0. The number of alkyl halides is 6. The highest BCUT2D eigenvalue weighted by molar-refractivity contribution is 5.69. The van der Waals surface area contributed by atoms with Crippen molar-refractivity contribution in [3.8, 4) is 0 Å². The molecule has 1 N–H and O–H groups in total. The molecule has 3 unspecified atom stereocenters. The number of aliphatic hydroxyl groups excluding tert-OH is 1. The summed E-state index contributed by atoms with van der Waals surface area (Å²) in [4.78, 5) is 15.1. The van der Waals surface area contributed by atoms with Crippen LogP contribution in [0.1, 0.15) is 60.6 Å². The number of benzene rings is 3. The number of aliphatic hydroxyl groups is 1. The predicted molar refractivity (Wildman–Crippen MR) is 147 cm³/mol. The van der Waals surface area contributed by atoms with Gasteiger partial charge in [-0.15, -0.1) is 0 Å². The maximum Gasteiger partial charge on any atom is 0.416 e. The number of amides is 1. The fourth-order valence-electron chi connectivity index (χ4n) is 5.35. The molecule has 232 valence electrons. The normalized spacial score (nSPS) is 20.9. The highest BCUT2D eigenvalue weighted by Crippen LogP contribution is 2.43. The second-order valence-corrected chi connectivity index (χ2v) is 10.9. The summed E-state index contributed by atoms with van der Waals surface area (Å²) >= 11 is 0. The Hall–Kier alpha value is -3.57. The van der Waals surface area contributed by atoms with E-state index in [1.807, 2.05) is 6.07 Å². The molecule has 1 aliphatic rings. The van der Waals surface area contributed by atoms with Gasteiger partial charge in [-0.05, 0) is 61.6 Å². The van der Waals surface area contributed by atoms with Gasteiger partial charge in [0, 0.05) is 12.5 Å². The highest BCUT2D eigenvalue weighted by atomic mass is 19.4. The lowest BCUT2D eigenvalue weighted by molar-refractivity contribution is -0.143. The monoisotopic (exact) mass is 609 g/mol. The third kappa shape index (κ3) is 7.69. The van der Waals surface area contributed by atoms with Crippen LogP contribution in [0.4, 0.5) is 31.1 Å². The number of likely N-dealkylation sites (tertiary alicyclic amines) is 1. The van der Waals surface area contributed by atoms with Crippen molar-refractivity contribution in [1.29, 1.82) is 0 Å². The summed E-state index contributed by atoms with van der Waals surface area (Å²) in [5.74, 6) is -0.295. The van der Waals surface area contributed by atoms with E-state index in [9.17, 15) is 36.2 Å². The molecule has 1 aliphatic heterocycles. The third-order valence-corrected chi connectivity index (χ3v) is 7.93. The first-order chi connectivity index (χ1) is 20.2. The van der Waals surface area contributed by atoms with Crippen molar-refractivity contribution in [2.45, 2.75) is 63.4 Å². The van der Waals surface area contributed by atoms with Gasteiger partial charge in [-0.1, -0.05) is 60.7 Å². The molecular weight excluding hydrogens is 576 g/mol. The molecule has 3 aromatic carbocycles. The average molecular weight is 610 g/mol. The quantitative estimate of drug-likeness (QED) is 0.262. The molecule has 0 aromatic heterocycles. The minimum absolute atomic E-state index is 0.0257. The van der Waals surface area contributed by atoms with Crippen molar-refractivity contribution < 1.29 is 45.7 Å². The zero-order valence-electron chi connectivity index (χ0n) is 23.7. The Morgan fingerprint density at radius 2 is 1.49 bits per heavy atom. The molecule has 11 heteroatoms. The summed E-state index contributed by atoms with van der Waals surface area (Å²) in [6.07, 6.45) is -11.8. The predicted octanol–water partition coefficient (Wildman–Crippen LogP) is 8.13. The van der Waals surface area contributed by atoms with Gasteiger partial charge in [0.2, 0.25) is 0 Å². The van der Waals surface area contributed by atoms with Gasteiger partial charge in [-0.3, -0.25) is 4.90 Å². The van der Waals surface area contributed by atoms with Crippen LogP contribution in [0.25, 0.3) is 0 Å². The van der Waals surface area contributed by atoms with Gasteiger partial charge in [-0.2, -0.15) is 26.3 Å².